The van der Waals surface area contributed by atoms with Gasteiger partial charge in [-0.3, -0.25) is 19.6 Å². The van der Waals surface area contributed by atoms with Crippen molar-refractivity contribution in [1.29, 1.82) is 0 Å². The van der Waals surface area contributed by atoms with E-state index in [1.54, 1.807) is 46.5 Å². The number of nitrogens with zero attached hydrogens (tertiary/aromatic N) is 5. The number of carbonyl (C=O) groups is 2. The van der Waals surface area contributed by atoms with Crippen LogP contribution in [0, 0.1) is 15.9 Å². The maximum absolute atomic E-state index is 13.3. The smallest absolute Gasteiger partial charge is 0.358 e. The molecule has 2 aromatic carbocycles. The van der Waals surface area contributed by atoms with Crippen LogP contribution in [-0.4, -0.2) is 49.2 Å². The third-order valence-corrected chi connectivity index (χ3v) is 5.74. The minimum atomic E-state index is -0.584. The van der Waals surface area contributed by atoms with Crippen LogP contribution in [0.4, 0.5) is 15.8 Å². The summed E-state index contributed by atoms with van der Waals surface area (Å²) in [6, 6.07) is 13.3. The van der Waals surface area contributed by atoms with Crippen molar-refractivity contribution < 1.29 is 28.4 Å². The molecule has 0 bridgehead atoms. The number of hydrogen-bond acceptors (Lipinski definition) is 8. The molecule has 0 saturated heterocycles. The first-order valence-corrected chi connectivity index (χ1v) is 11.8. The van der Waals surface area contributed by atoms with Crippen molar-refractivity contribution in [3.8, 4) is 5.88 Å². The predicted molar refractivity (Wildman–Crippen MR) is 137 cm³/mol. The molecule has 0 aliphatic rings. The SMILES string of the molecule is CCOC(=O)c1cn2cccc(NC(=O)COc3nn(Cc4ccc(F)cc4)c4ccc([N+](=O)[O-])cc34)c2n1. The summed E-state index contributed by atoms with van der Waals surface area (Å²) in [4.78, 5) is 39.9. The second kappa shape index (κ2) is 10.6. The minimum absolute atomic E-state index is 0.0228. The number of nitrogens with one attached hydrogen (secondary N) is 1. The molecule has 0 saturated carbocycles. The molecule has 3 aromatic heterocycles. The van der Waals surface area contributed by atoms with E-state index in [1.807, 2.05) is 0 Å². The lowest BCUT2D eigenvalue weighted by Crippen LogP contribution is -2.21. The molecule has 1 N–H and O–H groups in total. The maximum Gasteiger partial charge on any atom is 0.358 e. The molecule has 0 radical (unpaired) electrons. The fourth-order valence-electron chi connectivity index (χ4n) is 3.98. The third kappa shape index (κ3) is 5.37. The molecule has 3 heterocycles. The van der Waals surface area contributed by atoms with Crippen LogP contribution in [0.2, 0.25) is 0 Å². The second-order valence-electron chi connectivity index (χ2n) is 8.38. The number of fused-ring (bicyclic) bond motifs is 2. The van der Waals surface area contributed by atoms with Gasteiger partial charge < -0.3 is 19.2 Å². The molecule has 0 unspecified atom stereocenters. The number of benzene rings is 2. The van der Waals surface area contributed by atoms with E-state index < -0.39 is 23.4 Å². The molecule has 198 valence electrons. The number of ether oxygens (including phenoxy) is 2. The van der Waals surface area contributed by atoms with E-state index in [1.165, 1.54) is 36.5 Å². The Balaban J connectivity index is 1.37. The van der Waals surface area contributed by atoms with E-state index in [4.69, 9.17) is 9.47 Å². The van der Waals surface area contributed by atoms with Gasteiger partial charge in [0, 0.05) is 24.5 Å². The molecule has 0 aliphatic carbocycles. The van der Waals surface area contributed by atoms with Gasteiger partial charge in [-0.15, -0.1) is 5.10 Å². The lowest BCUT2D eigenvalue weighted by molar-refractivity contribution is -0.384. The van der Waals surface area contributed by atoms with Gasteiger partial charge in [0.25, 0.3) is 11.6 Å². The number of carbonyl (C=O) groups excluding carboxylic acids is 2. The Labute approximate surface area is 219 Å². The van der Waals surface area contributed by atoms with Crippen molar-refractivity contribution in [1.82, 2.24) is 19.2 Å². The maximum atomic E-state index is 13.3. The first-order valence-electron chi connectivity index (χ1n) is 11.8. The first kappa shape index (κ1) is 25.3. The van der Waals surface area contributed by atoms with Crippen LogP contribution in [0.1, 0.15) is 23.0 Å². The Morgan fingerprint density at radius 3 is 2.69 bits per heavy atom. The minimum Gasteiger partial charge on any atom is -0.466 e. The summed E-state index contributed by atoms with van der Waals surface area (Å²) in [5.41, 5.74) is 1.88. The van der Waals surface area contributed by atoms with E-state index in [9.17, 15) is 24.1 Å². The van der Waals surface area contributed by atoms with Gasteiger partial charge in [-0.1, -0.05) is 12.1 Å². The van der Waals surface area contributed by atoms with Gasteiger partial charge in [-0.05, 0) is 42.8 Å². The summed E-state index contributed by atoms with van der Waals surface area (Å²) < 4.78 is 27.1. The number of esters is 1. The molecule has 0 aliphatic heterocycles. The van der Waals surface area contributed by atoms with Crippen LogP contribution in [-0.2, 0) is 16.1 Å². The van der Waals surface area contributed by atoms with Crippen molar-refractivity contribution >= 4 is 39.8 Å². The van der Waals surface area contributed by atoms with Crippen molar-refractivity contribution in [2.24, 2.45) is 0 Å². The van der Waals surface area contributed by atoms with Crippen molar-refractivity contribution in [2.45, 2.75) is 13.5 Å². The number of aromatic nitrogens is 4. The number of nitro benzene ring substituents is 1. The topological polar surface area (TPSA) is 143 Å². The molecule has 1 amide bonds. The number of halogens is 1. The highest BCUT2D eigenvalue weighted by Crippen LogP contribution is 2.29. The van der Waals surface area contributed by atoms with Gasteiger partial charge in [0.05, 0.1) is 34.7 Å². The van der Waals surface area contributed by atoms with Gasteiger partial charge in [-0.25, -0.2) is 14.2 Å². The number of non-ortho nitro benzene ring substituents is 1. The average molecular weight is 532 g/mol. The zero-order chi connectivity index (χ0) is 27.5. The Morgan fingerprint density at radius 2 is 1.95 bits per heavy atom. The second-order valence-corrected chi connectivity index (χ2v) is 8.38. The van der Waals surface area contributed by atoms with Crippen molar-refractivity contribution in [3.05, 3.63) is 94.2 Å². The Bertz CT molecular complexity index is 1710. The first-order chi connectivity index (χ1) is 18.8. The number of rotatable bonds is 9. The third-order valence-electron chi connectivity index (χ3n) is 5.74. The van der Waals surface area contributed by atoms with E-state index in [-0.39, 0.29) is 36.2 Å². The predicted octanol–water partition coefficient (Wildman–Crippen LogP) is 3.97. The van der Waals surface area contributed by atoms with Crippen LogP contribution in [0.25, 0.3) is 16.6 Å². The number of hydrogen-bond donors (Lipinski definition) is 1. The summed E-state index contributed by atoms with van der Waals surface area (Å²) >= 11 is 0. The fraction of sp³-hybridized carbons (Fsp3) is 0.154. The van der Waals surface area contributed by atoms with E-state index in [0.717, 1.165) is 5.56 Å². The van der Waals surface area contributed by atoms with E-state index in [0.29, 0.717) is 22.2 Å². The normalized spacial score (nSPS) is 11.0. The van der Waals surface area contributed by atoms with Gasteiger partial charge in [0.15, 0.2) is 17.9 Å². The summed E-state index contributed by atoms with van der Waals surface area (Å²) in [6.07, 6.45) is 3.16. The number of imidazole rings is 1. The molecule has 12 nitrogen and oxygen atoms in total. The van der Waals surface area contributed by atoms with Crippen LogP contribution in [0.15, 0.2) is 67.0 Å². The highest BCUT2D eigenvalue weighted by molar-refractivity contribution is 5.96. The van der Waals surface area contributed by atoms with Crippen LogP contribution in [0.5, 0.6) is 5.88 Å². The highest BCUT2D eigenvalue weighted by atomic mass is 19.1. The van der Waals surface area contributed by atoms with Gasteiger partial charge in [0.2, 0.25) is 5.88 Å². The van der Waals surface area contributed by atoms with Gasteiger partial charge >= 0.3 is 5.97 Å². The molecule has 5 aromatic rings. The van der Waals surface area contributed by atoms with E-state index >= 15 is 0 Å². The van der Waals surface area contributed by atoms with Gasteiger partial charge in [0.1, 0.15) is 5.82 Å². The Kier molecular flexibility index (Phi) is 6.87. The van der Waals surface area contributed by atoms with Crippen LogP contribution in [0.3, 0.4) is 0 Å². The number of anilines is 1. The quantitative estimate of drug-likeness (QED) is 0.171. The highest BCUT2D eigenvalue weighted by Gasteiger charge is 2.19. The summed E-state index contributed by atoms with van der Waals surface area (Å²) in [5.74, 6) is -1.48. The van der Waals surface area contributed by atoms with Crippen LogP contribution < -0.4 is 10.1 Å². The van der Waals surface area contributed by atoms with Crippen LogP contribution >= 0.6 is 0 Å². The molecular formula is C26H21FN6O6. The largest absolute Gasteiger partial charge is 0.466 e. The average Bonchev–Trinajstić information content (AvgIpc) is 3.51. The summed E-state index contributed by atoms with van der Waals surface area (Å²) in [7, 11) is 0. The molecule has 39 heavy (non-hydrogen) atoms. The fourth-order valence-corrected chi connectivity index (χ4v) is 3.98. The molecule has 13 heteroatoms. The molecule has 5 rings (SSSR count). The van der Waals surface area contributed by atoms with Crippen molar-refractivity contribution in [3.63, 3.8) is 0 Å². The monoisotopic (exact) mass is 532 g/mol. The van der Waals surface area contributed by atoms with Gasteiger partial charge in [-0.2, -0.15) is 0 Å². The molecular weight excluding hydrogens is 511 g/mol. The number of pyridine rings is 1. The molecule has 0 atom stereocenters. The molecule has 0 spiro atoms. The lowest BCUT2D eigenvalue weighted by Gasteiger charge is -2.07. The number of nitro groups is 1. The standard InChI is InChI=1S/C26H21FN6O6/c1-2-38-26(35)21-14-31-11-3-4-20(24(31)29-21)28-23(34)15-39-25-19-12-18(33(36)37)9-10-22(19)32(30-25)13-16-5-7-17(27)8-6-16/h3-12,14H,2,13,15H2,1H3,(H,28,34). The summed E-state index contributed by atoms with van der Waals surface area (Å²) in [6.45, 7) is 1.67. The molecule has 0 fully saturated rings. The Hall–Kier alpha value is -5.33. The lowest BCUT2D eigenvalue weighted by atomic mass is 10.2. The van der Waals surface area contributed by atoms with Crippen molar-refractivity contribution in [2.75, 3.05) is 18.5 Å². The zero-order valence-electron chi connectivity index (χ0n) is 20.5. The Morgan fingerprint density at radius 1 is 1.15 bits per heavy atom. The zero-order valence-corrected chi connectivity index (χ0v) is 20.5. The summed E-state index contributed by atoms with van der Waals surface area (Å²) in [5, 5.41) is 18.8. The van der Waals surface area contributed by atoms with E-state index in [2.05, 4.69) is 15.4 Å². The number of amides is 1.